The summed E-state index contributed by atoms with van der Waals surface area (Å²) in [6.07, 6.45) is 3.74. The second kappa shape index (κ2) is 7.07. The lowest BCUT2D eigenvalue weighted by Crippen LogP contribution is -2.31. The zero-order chi connectivity index (χ0) is 17.1. The molecule has 2 heterocycles. The number of para-hydroxylation sites is 1. The average molecular weight is 334 g/mol. The highest BCUT2D eigenvalue weighted by molar-refractivity contribution is 5.94. The fraction of sp³-hybridized carbons (Fsp3) is 0.300. The summed E-state index contributed by atoms with van der Waals surface area (Å²) in [6.45, 7) is 2.84. The summed E-state index contributed by atoms with van der Waals surface area (Å²) in [5.41, 5.74) is 2.30. The van der Waals surface area contributed by atoms with Gasteiger partial charge in [-0.25, -0.2) is 0 Å². The summed E-state index contributed by atoms with van der Waals surface area (Å²) in [6, 6.07) is 17.6. The molecule has 25 heavy (non-hydrogen) atoms. The van der Waals surface area contributed by atoms with Crippen LogP contribution in [0.1, 0.15) is 19.3 Å². The molecule has 0 spiro atoms. The quantitative estimate of drug-likeness (QED) is 0.666. The van der Waals surface area contributed by atoms with Crippen LogP contribution in [0.3, 0.4) is 0 Å². The summed E-state index contributed by atoms with van der Waals surface area (Å²) < 4.78 is 1.94. The minimum absolute atomic E-state index is 0.187. The Labute approximate surface area is 147 Å². The van der Waals surface area contributed by atoms with Gasteiger partial charge >= 0.3 is 0 Å². The Morgan fingerprint density at radius 1 is 0.840 bits per heavy atom. The molecule has 5 heteroatoms. The van der Waals surface area contributed by atoms with Crippen LogP contribution in [0.5, 0.6) is 5.88 Å². The molecule has 0 saturated carbocycles. The van der Waals surface area contributed by atoms with Gasteiger partial charge in [0.2, 0.25) is 5.88 Å². The largest absolute Gasteiger partial charge is 0.493 e. The van der Waals surface area contributed by atoms with Crippen LogP contribution >= 0.6 is 0 Å². The van der Waals surface area contributed by atoms with Crippen molar-refractivity contribution in [3.05, 3.63) is 54.6 Å². The van der Waals surface area contributed by atoms with Gasteiger partial charge < -0.3 is 5.11 Å². The van der Waals surface area contributed by atoms with Crippen LogP contribution in [0.2, 0.25) is 0 Å². The molecular formula is C20H22N4O. The number of benzene rings is 2. The topological polar surface area (TPSA) is 53.1 Å². The Bertz CT molecular complexity index is 879. The van der Waals surface area contributed by atoms with Crippen molar-refractivity contribution in [2.24, 2.45) is 10.2 Å². The number of azo groups is 1. The van der Waals surface area contributed by atoms with Gasteiger partial charge in [0, 0.05) is 5.39 Å². The molecule has 0 unspecified atom stereocenters. The van der Waals surface area contributed by atoms with E-state index in [1.165, 1.54) is 19.3 Å². The predicted molar refractivity (Wildman–Crippen MR) is 99.6 cm³/mol. The number of nitrogens with zero attached hydrogens (tertiary/aromatic N) is 4. The predicted octanol–water partition coefficient (Wildman–Crippen LogP) is 5.21. The van der Waals surface area contributed by atoms with Crippen LogP contribution in [-0.4, -0.2) is 27.7 Å². The molecule has 1 N–H and O–H groups in total. The van der Waals surface area contributed by atoms with Crippen molar-refractivity contribution < 1.29 is 5.11 Å². The van der Waals surface area contributed by atoms with Crippen LogP contribution in [-0.2, 0) is 6.67 Å². The molecule has 0 aliphatic carbocycles. The summed E-state index contributed by atoms with van der Waals surface area (Å²) in [5, 5.41) is 20.4. The van der Waals surface area contributed by atoms with Crippen LogP contribution in [0.15, 0.2) is 64.8 Å². The molecule has 1 aliphatic rings. The molecule has 0 amide bonds. The lowest BCUT2D eigenvalue weighted by molar-refractivity contribution is 0.178. The third-order valence-electron chi connectivity index (χ3n) is 4.73. The Hall–Kier alpha value is -2.66. The molecule has 1 aromatic heterocycles. The van der Waals surface area contributed by atoms with Crippen molar-refractivity contribution in [1.29, 1.82) is 0 Å². The molecule has 3 aromatic rings. The Kier molecular flexibility index (Phi) is 4.48. The van der Waals surface area contributed by atoms with E-state index in [0.29, 0.717) is 12.4 Å². The minimum atomic E-state index is 0.187. The monoisotopic (exact) mass is 334 g/mol. The zero-order valence-electron chi connectivity index (χ0n) is 14.2. The fourth-order valence-corrected chi connectivity index (χ4v) is 3.42. The number of aromatic nitrogens is 1. The number of aromatic hydroxyl groups is 1. The van der Waals surface area contributed by atoms with E-state index in [-0.39, 0.29) is 5.88 Å². The van der Waals surface area contributed by atoms with E-state index in [2.05, 4.69) is 15.1 Å². The third-order valence-corrected chi connectivity index (χ3v) is 4.73. The normalized spacial score (nSPS) is 16.0. The molecule has 1 aliphatic heterocycles. The number of fused-ring (bicyclic) bond motifs is 1. The fourth-order valence-electron chi connectivity index (χ4n) is 3.42. The number of hydrogen-bond acceptors (Lipinski definition) is 4. The number of likely N-dealkylation sites (tertiary alicyclic amines) is 1. The first-order valence-corrected chi connectivity index (χ1v) is 8.82. The van der Waals surface area contributed by atoms with Crippen molar-refractivity contribution in [2.45, 2.75) is 25.9 Å². The van der Waals surface area contributed by atoms with Gasteiger partial charge in [-0.15, -0.1) is 5.11 Å². The lowest BCUT2D eigenvalue weighted by atomic mass is 10.1. The van der Waals surface area contributed by atoms with E-state index >= 15 is 0 Å². The van der Waals surface area contributed by atoms with E-state index in [4.69, 9.17) is 0 Å². The van der Waals surface area contributed by atoms with E-state index in [1.54, 1.807) is 0 Å². The molecule has 4 rings (SSSR count). The maximum Gasteiger partial charge on any atom is 0.221 e. The second-order valence-corrected chi connectivity index (χ2v) is 6.47. The van der Waals surface area contributed by atoms with Crippen molar-refractivity contribution in [3.8, 4) is 5.88 Å². The van der Waals surface area contributed by atoms with Crippen LogP contribution in [0.4, 0.5) is 11.4 Å². The zero-order valence-corrected chi connectivity index (χ0v) is 14.2. The minimum Gasteiger partial charge on any atom is -0.493 e. The standard InChI is InChI=1S/C20H22N4O/c25-20-19(22-21-16-9-3-1-4-10-16)17-11-5-6-12-18(17)24(20)15-23-13-7-2-8-14-23/h1,3-6,9-12,25H,2,7-8,13-15H2. The van der Waals surface area contributed by atoms with Crippen LogP contribution < -0.4 is 0 Å². The highest BCUT2D eigenvalue weighted by Crippen LogP contribution is 2.39. The van der Waals surface area contributed by atoms with Gasteiger partial charge in [0.1, 0.15) is 0 Å². The van der Waals surface area contributed by atoms with Crippen LogP contribution in [0, 0.1) is 0 Å². The summed E-state index contributed by atoms with van der Waals surface area (Å²) in [7, 11) is 0. The molecular weight excluding hydrogens is 312 g/mol. The van der Waals surface area contributed by atoms with E-state index < -0.39 is 0 Å². The van der Waals surface area contributed by atoms with Crippen molar-refractivity contribution in [1.82, 2.24) is 9.47 Å². The summed E-state index contributed by atoms with van der Waals surface area (Å²) >= 11 is 0. The Morgan fingerprint density at radius 3 is 2.36 bits per heavy atom. The number of piperidine rings is 1. The first kappa shape index (κ1) is 15.8. The van der Waals surface area contributed by atoms with Gasteiger partial charge in [0.25, 0.3) is 0 Å². The summed E-state index contributed by atoms with van der Waals surface area (Å²) in [4.78, 5) is 2.38. The highest BCUT2D eigenvalue weighted by atomic mass is 16.3. The average Bonchev–Trinajstić information content (AvgIpc) is 2.93. The van der Waals surface area contributed by atoms with Gasteiger partial charge in [-0.05, 0) is 44.1 Å². The molecule has 0 radical (unpaired) electrons. The van der Waals surface area contributed by atoms with Gasteiger partial charge in [-0.1, -0.05) is 42.8 Å². The second-order valence-electron chi connectivity index (χ2n) is 6.47. The Morgan fingerprint density at radius 2 is 1.56 bits per heavy atom. The Balaban J connectivity index is 1.71. The number of hydrogen-bond donors (Lipinski definition) is 1. The molecule has 128 valence electrons. The van der Waals surface area contributed by atoms with E-state index in [9.17, 15) is 5.11 Å². The highest BCUT2D eigenvalue weighted by Gasteiger charge is 2.19. The SMILES string of the molecule is Oc1c(N=Nc2ccccc2)c2ccccc2n1CN1CCCCC1. The molecule has 0 bridgehead atoms. The maximum atomic E-state index is 10.8. The molecule has 0 atom stereocenters. The van der Waals surface area contributed by atoms with E-state index in [1.807, 2.05) is 59.2 Å². The van der Waals surface area contributed by atoms with Crippen LogP contribution in [0.25, 0.3) is 10.9 Å². The lowest BCUT2D eigenvalue weighted by Gasteiger charge is -2.27. The van der Waals surface area contributed by atoms with Gasteiger partial charge in [0.05, 0.1) is 17.9 Å². The third kappa shape index (κ3) is 3.28. The van der Waals surface area contributed by atoms with E-state index in [0.717, 1.165) is 29.7 Å². The van der Waals surface area contributed by atoms with Crippen molar-refractivity contribution >= 4 is 22.3 Å². The van der Waals surface area contributed by atoms with Gasteiger partial charge in [0.15, 0.2) is 5.69 Å². The number of rotatable bonds is 4. The van der Waals surface area contributed by atoms with Gasteiger partial charge in [-0.3, -0.25) is 9.47 Å². The maximum absolute atomic E-state index is 10.8. The first-order chi connectivity index (χ1) is 12.3. The smallest absolute Gasteiger partial charge is 0.221 e. The summed E-state index contributed by atoms with van der Waals surface area (Å²) in [5.74, 6) is 0.187. The molecule has 2 aromatic carbocycles. The molecule has 5 nitrogen and oxygen atoms in total. The van der Waals surface area contributed by atoms with Crippen molar-refractivity contribution in [3.63, 3.8) is 0 Å². The van der Waals surface area contributed by atoms with Gasteiger partial charge in [-0.2, -0.15) is 5.11 Å². The van der Waals surface area contributed by atoms with Crippen molar-refractivity contribution in [2.75, 3.05) is 13.1 Å². The molecule has 1 fully saturated rings. The molecule has 1 saturated heterocycles. The first-order valence-electron chi connectivity index (χ1n) is 8.82.